The summed E-state index contributed by atoms with van der Waals surface area (Å²) in [5.41, 5.74) is -2.21. The van der Waals surface area contributed by atoms with Crippen LogP contribution in [0.15, 0.2) is 29.3 Å². The summed E-state index contributed by atoms with van der Waals surface area (Å²) in [7, 11) is 0. The number of rotatable bonds is 3. The Hall–Kier alpha value is -2.38. The maximum atomic E-state index is 13.1. The Morgan fingerprint density at radius 3 is 2.19 bits per heavy atom. The molecule has 21 heavy (non-hydrogen) atoms. The fourth-order valence-corrected chi connectivity index (χ4v) is 1.38. The zero-order valence-electron chi connectivity index (χ0n) is 11.0. The van der Waals surface area contributed by atoms with Crippen LogP contribution in [0.5, 0.6) is 0 Å². The second-order valence-electron chi connectivity index (χ2n) is 4.20. The molecule has 0 unspecified atom stereocenters. The van der Waals surface area contributed by atoms with Gasteiger partial charge in [-0.3, -0.25) is 4.79 Å². The smallest absolute Gasteiger partial charge is 0.419 e. The highest BCUT2D eigenvalue weighted by molar-refractivity contribution is 6.08. The molecule has 1 aromatic rings. The van der Waals surface area contributed by atoms with Crippen molar-refractivity contribution in [2.45, 2.75) is 20.0 Å². The number of carbonyl (C=O) groups excluding carboxylic acids is 1. The number of hydrogen-bond acceptors (Lipinski definition) is 2. The molecule has 1 rings (SSSR count). The minimum absolute atomic E-state index is 0.166. The van der Waals surface area contributed by atoms with Crippen LogP contribution in [0.4, 0.5) is 23.2 Å². The third-order valence-electron chi connectivity index (χ3n) is 2.75. The quantitative estimate of drug-likeness (QED) is 0.665. The zero-order valence-corrected chi connectivity index (χ0v) is 11.0. The Kier molecular flexibility index (Phi) is 4.72. The van der Waals surface area contributed by atoms with Crippen LogP contribution in [0.3, 0.4) is 0 Å². The summed E-state index contributed by atoms with van der Waals surface area (Å²) < 4.78 is 50.6. The van der Waals surface area contributed by atoms with Crippen LogP contribution >= 0.6 is 0 Å². The van der Waals surface area contributed by atoms with Crippen LogP contribution in [-0.2, 0) is 15.8 Å². The van der Waals surface area contributed by atoms with Crippen molar-refractivity contribution in [2.24, 2.45) is 0 Å². The van der Waals surface area contributed by atoms with Crippen molar-refractivity contribution in [3.8, 4) is 0 Å². The number of benzene rings is 1. The zero-order chi connectivity index (χ0) is 16.4. The van der Waals surface area contributed by atoms with E-state index in [0.717, 1.165) is 6.07 Å². The summed E-state index contributed by atoms with van der Waals surface area (Å²) in [6, 6.07) is 1.96. The van der Waals surface area contributed by atoms with E-state index in [1.54, 1.807) is 0 Å². The van der Waals surface area contributed by atoms with Crippen LogP contribution in [0.1, 0.15) is 19.4 Å². The Bertz CT molecular complexity index is 620. The molecular weight excluding hydrogens is 294 g/mol. The summed E-state index contributed by atoms with van der Waals surface area (Å²) >= 11 is 0. The highest BCUT2D eigenvalue weighted by Crippen LogP contribution is 2.33. The summed E-state index contributed by atoms with van der Waals surface area (Å²) in [5, 5.41) is 10.8. The minimum Gasteiger partial charge on any atom is -0.478 e. The van der Waals surface area contributed by atoms with Crippen molar-refractivity contribution < 1.29 is 32.3 Å². The van der Waals surface area contributed by atoms with E-state index in [2.05, 4.69) is 5.32 Å². The van der Waals surface area contributed by atoms with Gasteiger partial charge in [-0.2, -0.15) is 13.2 Å². The summed E-state index contributed by atoms with van der Waals surface area (Å²) in [4.78, 5) is 22.4. The second-order valence-corrected chi connectivity index (χ2v) is 4.20. The molecule has 0 fully saturated rings. The predicted molar refractivity (Wildman–Crippen MR) is 66.0 cm³/mol. The van der Waals surface area contributed by atoms with Gasteiger partial charge in [-0.05, 0) is 32.0 Å². The largest absolute Gasteiger partial charge is 0.478 e. The molecule has 1 amide bonds. The number of carboxylic acids is 1. The van der Waals surface area contributed by atoms with Crippen molar-refractivity contribution in [1.29, 1.82) is 0 Å². The summed E-state index contributed by atoms with van der Waals surface area (Å²) in [6.07, 6.45) is -4.90. The van der Waals surface area contributed by atoms with Crippen LogP contribution < -0.4 is 5.32 Å². The van der Waals surface area contributed by atoms with E-state index in [9.17, 15) is 27.2 Å². The molecule has 0 aromatic heterocycles. The van der Waals surface area contributed by atoms with Gasteiger partial charge in [0.15, 0.2) is 0 Å². The van der Waals surface area contributed by atoms with Gasteiger partial charge in [0, 0.05) is 16.8 Å². The molecule has 1 aromatic carbocycles. The number of alkyl halides is 3. The molecular formula is C13H11F4NO3. The van der Waals surface area contributed by atoms with Gasteiger partial charge in [-0.15, -0.1) is 0 Å². The topological polar surface area (TPSA) is 66.4 Å². The number of nitrogens with one attached hydrogen (secondary N) is 1. The van der Waals surface area contributed by atoms with Gasteiger partial charge in [-0.1, -0.05) is 0 Å². The average Bonchev–Trinajstić information content (AvgIpc) is 2.37. The van der Waals surface area contributed by atoms with Crippen LogP contribution in [0.25, 0.3) is 0 Å². The number of carbonyl (C=O) groups is 2. The third kappa shape index (κ3) is 4.04. The third-order valence-corrected chi connectivity index (χ3v) is 2.75. The number of hydrogen-bond donors (Lipinski definition) is 2. The molecule has 0 aliphatic heterocycles. The molecule has 2 N–H and O–H groups in total. The fraction of sp³-hybridized carbons (Fsp3) is 0.231. The molecule has 0 aliphatic rings. The standard InChI is InChI=1S/C13H11F4NO3/c1-6(7(2)12(20)21)11(19)18-8-3-4-10(14)9(5-8)13(15,16)17/h3-5H,1-2H3,(H,18,19)(H,20,21). The number of amides is 1. The lowest BCUT2D eigenvalue weighted by Crippen LogP contribution is -2.17. The van der Waals surface area contributed by atoms with E-state index in [0.29, 0.717) is 12.1 Å². The minimum atomic E-state index is -4.90. The Balaban J connectivity index is 3.08. The van der Waals surface area contributed by atoms with Gasteiger partial charge >= 0.3 is 12.1 Å². The van der Waals surface area contributed by atoms with E-state index in [1.165, 1.54) is 13.8 Å². The van der Waals surface area contributed by atoms with Crippen molar-refractivity contribution in [2.75, 3.05) is 5.32 Å². The lowest BCUT2D eigenvalue weighted by Gasteiger charge is -2.11. The van der Waals surface area contributed by atoms with E-state index < -0.39 is 29.4 Å². The second kappa shape index (κ2) is 5.94. The highest BCUT2D eigenvalue weighted by Gasteiger charge is 2.34. The summed E-state index contributed by atoms with van der Waals surface area (Å²) in [5.74, 6) is -3.66. The van der Waals surface area contributed by atoms with Crippen molar-refractivity contribution in [1.82, 2.24) is 0 Å². The summed E-state index contributed by atoms with van der Waals surface area (Å²) in [6.45, 7) is 2.40. The van der Waals surface area contributed by atoms with Gasteiger partial charge in [0.25, 0.3) is 5.91 Å². The first-order valence-electron chi connectivity index (χ1n) is 5.63. The Morgan fingerprint density at radius 1 is 1.14 bits per heavy atom. The Morgan fingerprint density at radius 2 is 1.71 bits per heavy atom. The lowest BCUT2D eigenvalue weighted by atomic mass is 10.1. The highest BCUT2D eigenvalue weighted by atomic mass is 19.4. The fourth-order valence-electron chi connectivity index (χ4n) is 1.38. The van der Waals surface area contributed by atoms with E-state index in [4.69, 9.17) is 5.11 Å². The molecule has 8 heteroatoms. The first-order valence-corrected chi connectivity index (χ1v) is 5.63. The monoisotopic (exact) mass is 305 g/mol. The van der Waals surface area contributed by atoms with Crippen LogP contribution in [-0.4, -0.2) is 17.0 Å². The van der Waals surface area contributed by atoms with E-state index in [-0.39, 0.29) is 16.8 Å². The normalized spacial score (nSPS) is 12.7. The molecule has 114 valence electrons. The van der Waals surface area contributed by atoms with Gasteiger partial charge in [-0.25, -0.2) is 9.18 Å². The maximum absolute atomic E-state index is 13.1. The van der Waals surface area contributed by atoms with Crippen LogP contribution in [0.2, 0.25) is 0 Å². The average molecular weight is 305 g/mol. The molecule has 0 saturated carbocycles. The molecule has 4 nitrogen and oxygen atoms in total. The molecule has 0 aliphatic carbocycles. The van der Waals surface area contributed by atoms with Gasteiger partial charge in [0.1, 0.15) is 5.82 Å². The van der Waals surface area contributed by atoms with Gasteiger partial charge in [0.05, 0.1) is 5.56 Å². The molecule has 0 atom stereocenters. The molecule has 0 bridgehead atoms. The maximum Gasteiger partial charge on any atom is 0.419 e. The number of aliphatic carboxylic acids is 1. The number of carboxylic acid groups (broad SMARTS) is 1. The lowest BCUT2D eigenvalue weighted by molar-refractivity contribution is -0.140. The van der Waals surface area contributed by atoms with Crippen LogP contribution in [0, 0.1) is 5.82 Å². The van der Waals surface area contributed by atoms with E-state index >= 15 is 0 Å². The number of halogens is 4. The van der Waals surface area contributed by atoms with E-state index in [1.807, 2.05) is 0 Å². The first kappa shape index (κ1) is 16.7. The molecule has 0 radical (unpaired) electrons. The van der Waals surface area contributed by atoms with Gasteiger partial charge in [0.2, 0.25) is 0 Å². The molecule has 0 spiro atoms. The first-order chi connectivity index (χ1) is 9.54. The van der Waals surface area contributed by atoms with Crippen molar-refractivity contribution >= 4 is 17.6 Å². The van der Waals surface area contributed by atoms with Gasteiger partial charge < -0.3 is 10.4 Å². The number of anilines is 1. The van der Waals surface area contributed by atoms with Crippen molar-refractivity contribution in [3.63, 3.8) is 0 Å². The Labute approximate surface area is 117 Å². The predicted octanol–water partition coefficient (Wildman–Crippen LogP) is 3.20. The van der Waals surface area contributed by atoms with Crippen molar-refractivity contribution in [3.05, 3.63) is 40.7 Å². The molecule has 0 saturated heterocycles. The molecule has 0 heterocycles. The SMILES string of the molecule is CC(C(=O)O)=C(C)C(=O)Nc1ccc(F)c(C(F)(F)F)c1.